The van der Waals surface area contributed by atoms with Crippen LogP contribution in [0.1, 0.15) is 19.3 Å². The maximum absolute atomic E-state index is 11.2. The Hall–Kier alpha value is -0.650. The second-order valence-electron chi connectivity index (χ2n) is 4.86. The summed E-state index contributed by atoms with van der Waals surface area (Å²) < 4.78 is 10.7. The Kier molecular flexibility index (Phi) is 7.96. The first-order valence-corrected chi connectivity index (χ1v) is 6.78. The second-order valence-corrected chi connectivity index (χ2v) is 4.86. The molecule has 1 amide bonds. The van der Waals surface area contributed by atoms with E-state index < -0.39 is 0 Å². The van der Waals surface area contributed by atoms with Gasteiger partial charge in [0.1, 0.15) is 6.61 Å². The largest absolute Gasteiger partial charge is 0.378 e. The number of hydrogen-bond acceptors (Lipinski definition) is 4. The predicted molar refractivity (Wildman–Crippen MR) is 70.6 cm³/mol. The fourth-order valence-corrected chi connectivity index (χ4v) is 1.89. The van der Waals surface area contributed by atoms with Crippen molar-refractivity contribution in [1.82, 2.24) is 9.80 Å². The number of carbonyl (C=O) groups is 1. The lowest BCUT2D eigenvalue weighted by Crippen LogP contribution is -2.33. The predicted octanol–water partition coefficient (Wildman–Crippen LogP) is 0.594. The molecule has 1 aliphatic heterocycles. The van der Waals surface area contributed by atoms with Crippen LogP contribution in [0.25, 0.3) is 0 Å². The maximum atomic E-state index is 11.2. The average molecular weight is 258 g/mol. The van der Waals surface area contributed by atoms with Crippen molar-refractivity contribution in [3.8, 4) is 0 Å². The number of likely N-dealkylation sites (tertiary alicyclic amines) is 1. The molecule has 1 heterocycles. The van der Waals surface area contributed by atoms with Crippen molar-refractivity contribution in [3.63, 3.8) is 0 Å². The third-order valence-corrected chi connectivity index (χ3v) is 3.10. The molecule has 1 aliphatic rings. The van der Waals surface area contributed by atoms with Gasteiger partial charge in [0, 0.05) is 20.6 Å². The fourth-order valence-electron chi connectivity index (χ4n) is 1.89. The van der Waals surface area contributed by atoms with Crippen molar-refractivity contribution >= 4 is 5.91 Å². The number of hydrogen-bond donors (Lipinski definition) is 0. The Morgan fingerprint density at radius 1 is 1.06 bits per heavy atom. The molecule has 0 N–H and O–H groups in total. The second kappa shape index (κ2) is 9.30. The Morgan fingerprint density at radius 2 is 1.72 bits per heavy atom. The zero-order valence-electron chi connectivity index (χ0n) is 11.7. The van der Waals surface area contributed by atoms with Crippen molar-refractivity contribution < 1.29 is 14.3 Å². The zero-order chi connectivity index (χ0) is 13.2. The van der Waals surface area contributed by atoms with Crippen molar-refractivity contribution in [3.05, 3.63) is 0 Å². The molecule has 5 nitrogen and oxygen atoms in total. The van der Waals surface area contributed by atoms with E-state index in [1.54, 1.807) is 14.1 Å². The van der Waals surface area contributed by atoms with E-state index in [9.17, 15) is 4.79 Å². The Balaban J connectivity index is 1.85. The van der Waals surface area contributed by atoms with Crippen LogP contribution in [-0.2, 0) is 14.3 Å². The molecule has 1 fully saturated rings. The lowest BCUT2D eigenvalue weighted by Gasteiger charge is -2.26. The quantitative estimate of drug-likeness (QED) is 0.598. The van der Waals surface area contributed by atoms with Crippen LogP contribution in [0, 0.1) is 0 Å². The van der Waals surface area contributed by atoms with Gasteiger partial charge in [0.05, 0.1) is 19.8 Å². The van der Waals surface area contributed by atoms with Crippen LogP contribution in [0.15, 0.2) is 0 Å². The minimum absolute atomic E-state index is 0.0108. The van der Waals surface area contributed by atoms with E-state index in [4.69, 9.17) is 9.47 Å². The Labute approximate surface area is 110 Å². The molecule has 1 saturated heterocycles. The highest BCUT2D eigenvalue weighted by atomic mass is 16.5. The van der Waals surface area contributed by atoms with Gasteiger partial charge in [-0.25, -0.2) is 0 Å². The van der Waals surface area contributed by atoms with E-state index in [0.29, 0.717) is 13.2 Å². The summed E-state index contributed by atoms with van der Waals surface area (Å²) in [5.41, 5.74) is 0. The topological polar surface area (TPSA) is 42.0 Å². The molecule has 0 bridgehead atoms. The van der Waals surface area contributed by atoms with Crippen LogP contribution in [0.3, 0.4) is 0 Å². The lowest BCUT2D eigenvalue weighted by atomic mass is 10.1. The number of piperidine rings is 1. The number of carbonyl (C=O) groups excluding carboxylic acids is 1. The molecule has 1 rings (SSSR count). The molecule has 106 valence electrons. The summed E-state index contributed by atoms with van der Waals surface area (Å²) in [6.07, 6.45) is 4.00. The summed E-state index contributed by atoms with van der Waals surface area (Å²) in [7, 11) is 3.45. The molecular formula is C13H26N2O3. The highest BCUT2D eigenvalue weighted by Crippen LogP contribution is 2.07. The van der Waals surface area contributed by atoms with Gasteiger partial charge in [0.25, 0.3) is 0 Å². The van der Waals surface area contributed by atoms with Crippen LogP contribution in [0.5, 0.6) is 0 Å². The van der Waals surface area contributed by atoms with Crippen molar-refractivity contribution in [2.45, 2.75) is 19.3 Å². The van der Waals surface area contributed by atoms with E-state index in [0.717, 1.165) is 13.2 Å². The van der Waals surface area contributed by atoms with E-state index in [1.807, 2.05) is 0 Å². The smallest absolute Gasteiger partial charge is 0.248 e. The normalized spacial score (nSPS) is 16.8. The highest BCUT2D eigenvalue weighted by Gasteiger charge is 2.09. The van der Waals surface area contributed by atoms with E-state index in [-0.39, 0.29) is 12.5 Å². The van der Waals surface area contributed by atoms with Gasteiger partial charge in [0.2, 0.25) is 5.91 Å². The number of amides is 1. The van der Waals surface area contributed by atoms with Gasteiger partial charge in [-0.2, -0.15) is 0 Å². The molecule has 0 unspecified atom stereocenters. The van der Waals surface area contributed by atoms with Gasteiger partial charge in [0.15, 0.2) is 0 Å². The standard InChI is InChI=1S/C13H26N2O3/c1-14(2)13(16)12-18-11-10-17-9-8-15-6-4-3-5-7-15/h3-12H2,1-2H3. The van der Waals surface area contributed by atoms with Gasteiger partial charge in [-0.15, -0.1) is 0 Å². The SMILES string of the molecule is CN(C)C(=O)COCCOCCN1CCCCC1. The zero-order valence-corrected chi connectivity index (χ0v) is 11.7. The minimum Gasteiger partial charge on any atom is -0.378 e. The first-order chi connectivity index (χ1) is 8.70. The Bertz CT molecular complexity index is 228. The molecule has 0 atom stereocenters. The van der Waals surface area contributed by atoms with Crippen molar-refractivity contribution in [1.29, 1.82) is 0 Å². The number of rotatable bonds is 8. The van der Waals surface area contributed by atoms with Crippen molar-refractivity contribution in [2.75, 3.05) is 60.2 Å². The summed E-state index contributed by atoms with van der Waals surface area (Å²) in [5.74, 6) is -0.0108. The summed E-state index contributed by atoms with van der Waals surface area (Å²) in [6.45, 7) is 5.37. The molecule has 0 aliphatic carbocycles. The Morgan fingerprint density at radius 3 is 2.39 bits per heavy atom. The molecule has 0 spiro atoms. The summed E-state index contributed by atoms with van der Waals surface area (Å²) >= 11 is 0. The van der Waals surface area contributed by atoms with Crippen LogP contribution in [0.4, 0.5) is 0 Å². The monoisotopic (exact) mass is 258 g/mol. The molecule has 0 aromatic rings. The maximum Gasteiger partial charge on any atom is 0.248 e. The van der Waals surface area contributed by atoms with Gasteiger partial charge < -0.3 is 19.3 Å². The highest BCUT2D eigenvalue weighted by molar-refractivity contribution is 5.76. The average Bonchev–Trinajstić information content (AvgIpc) is 2.38. The molecule has 0 aromatic heterocycles. The third kappa shape index (κ3) is 6.93. The van der Waals surface area contributed by atoms with Gasteiger partial charge in [-0.1, -0.05) is 6.42 Å². The van der Waals surface area contributed by atoms with E-state index >= 15 is 0 Å². The summed E-state index contributed by atoms with van der Waals surface area (Å²) in [5, 5.41) is 0. The molecule has 18 heavy (non-hydrogen) atoms. The van der Waals surface area contributed by atoms with Gasteiger partial charge in [-0.05, 0) is 25.9 Å². The molecule has 0 radical (unpaired) electrons. The fraction of sp³-hybridized carbons (Fsp3) is 0.923. The molecule has 5 heteroatoms. The lowest BCUT2D eigenvalue weighted by molar-refractivity contribution is -0.134. The first-order valence-electron chi connectivity index (χ1n) is 6.78. The number of ether oxygens (including phenoxy) is 2. The van der Waals surface area contributed by atoms with E-state index in [2.05, 4.69) is 4.90 Å². The van der Waals surface area contributed by atoms with Crippen molar-refractivity contribution in [2.24, 2.45) is 0 Å². The van der Waals surface area contributed by atoms with Crippen LogP contribution < -0.4 is 0 Å². The molecule has 0 saturated carbocycles. The minimum atomic E-state index is -0.0108. The molecule has 0 aromatic carbocycles. The van der Waals surface area contributed by atoms with Gasteiger partial charge >= 0.3 is 0 Å². The van der Waals surface area contributed by atoms with Crippen LogP contribution in [-0.4, -0.2) is 75.9 Å². The third-order valence-electron chi connectivity index (χ3n) is 3.10. The summed E-state index contributed by atoms with van der Waals surface area (Å²) in [4.78, 5) is 15.2. The number of likely N-dealkylation sites (N-methyl/N-ethyl adjacent to an activating group) is 1. The van der Waals surface area contributed by atoms with Gasteiger partial charge in [-0.3, -0.25) is 4.79 Å². The van der Waals surface area contributed by atoms with Crippen LogP contribution in [0.2, 0.25) is 0 Å². The number of nitrogens with zero attached hydrogens (tertiary/aromatic N) is 2. The summed E-state index contributed by atoms with van der Waals surface area (Å²) in [6, 6.07) is 0. The van der Waals surface area contributed by atoms with Crippen LogP contribution >= 0.6 is 0 Å². The molecular weight excluding hydrogens is 232 g/mol. The van der Waals surface area contributed by atoms with E-state index in [1.165, 1.54) is 37.3 Å². The first kappa shape index (κ1) is 15.4.